The number of esters is 1. The molecule has 7 heteroatoms. The lowest BCUT2D eigenvalue weighted by Gasteiger charge is -2.23. The number of hydrogen-bond donors (Lipinski definition) is 2. The molecule has 0 radical (unpaired) electrons. The van der Waals surface area contributed by atoms with Crippen LogP contribution < -0.4 is 10.6 Å². The Kier molecular flexibility index (Phi) is 6.28. The van der Waals surface area contributed by atoms with E-state index in [9.17, 15) is 18.8 Å². The lowest BCUT2D eigenvalue weighted by molar-refractivity contribution is -0.135. The van der Waals surface area contributed by atoms with E-state index in [-0.39, 0.29) is 12.3 Å². The van der Waals surface area contributed by atoms with Gasteiger partial charge in [0.15, 0.2) is 0 Å². The third kappa shape index (κ3) is 4.91. The predicted octanol–water partition coefficient (Wildman–Crippen LogP) is 3.61. The molecule has 0 spiro atoms. The van der Waals surface area contributed by atoms with E-state index < -0.39 is 29.0 Å². The normalized spacial score (nSPS) is 10.8. The van der Waals surface area contributed by atoms with E-state index >= 15 is 0 Å². The third-order valence-electron chi connectivity index (χ3n) is 3.91. The highest BCUT2D eigenvalue weighted by Gasteiger charge is 2.36. The van der Waals surface area contributed by atoms with Crippen molar-refractivity contribution in [3.63, 3.8) is 0 Å². The number of amides is 2. The summed E-state index contributed by atoms with van der Waals surface area (Å²) in [6.07, 6.45) is 0. The molecule has 2 rings (SSSR count). The van der Waals surface area contributed by atoms with Gasteiger partial charge in [-0.3, -0.25) is 9.59 Å². The molecule has 2 N–H and O–H groups in total. The Balaban J connectivity index is 2.06. The molecule has 0 saturated heterocycles. The zero-order chi connectivity index (χ0) is 20.0. The van der Waals surface area contributed by atoms with Crippen molar-refractivity contribution in [1.82, 2.24) is 0 Å². The van der Waals surface area contributed by atoms with E-state index in [0.29, 0.717) is 11.3 Å². The Morgan fingerprint density at radius 1 is 0.963 bits per heavy atom. The van der Waals surface area contributed by atoms with Gasteiger partial charge in [-0.05, 0) is 57.2 Å². The standard InChI is InChI=1S/C20H21FN2O4/c1-4-27-17(24)13-9-11-14(12-10-13)22-18(25)20(2,3)19(26)23-16-8-6-5-7-15(16)21/h5-12H,4H2,1-3H3,(H,22,25)(H,23,26). The highest BCUT2D eigenvalue weighted by atomic mass is 19.1. The Labute approximate surface area is 156 Å². The molecule has 0 aliphatic heterocycles. The Morgan fingerprint density at radius 3 is 2.15 bits per heavy atom. The first-order chi connectivity index (χ1) is 12.8. The SMILES string of the molecule is CCOC(=O)c1ccc(NC(=O)C(C)(C)C(=O)Nc2ccccc2F)cc1. The first kappa shape index (κ1) is 20.1. The molecule has 2 aromatic rings. The second-order valence-electron chi connectivity index (χ2n) is 6.31. The zero-order valence-corrected chi connectivity index (χ0v) is 15.3. The molecule has 142 valence electrons. The van der Waals surface area contributed by atoms with Gasteiger partial charge in [-0.25, -0.2) is 9.18 Å². The molecule has 0 unspecified atom stereocenters. The van der Waals surface area contributed by atoms with Gasteiger partial charge < -0.3 is 15.4 Å². The Morgan fingerprint density at radius 2 is 1.56 bits per heavy atom. The molecule has 2 amide bonds. The van der Waals surface area contributed by atoms with E-state index in [4.69, 9.17) is 4.74 Å². The number of carbonyl (C=O) groups excluding carboxylic acids is 3. The quantitative estimate of drug-likeness (QED) is 0.599. The van der Waals surface area contributed by atoms with Crippen LogP contribution in [0.4, 0.5) is 15.8 Å². The summed E-state index contributed by atoms with van der Waals surface area (Å²) in [7, 11) is 0. The minimum Gasteiger partial charge on any atom is -0.462 e. The summed E-state index contributed by atoms with van der Waals surface area (Å²) in [6.45, 7) is 4.85. The van der Waals surface area contributed by atoms with Crippen LogP contribution in [0.5, 0.6) is 0 Å². The first-order valence-electron chi connectivity index (χ1n) is 8.40. The van der Waals surface area contributed by atoms with Crippen molar-refractivity contribution in [3.8, 4) is 0 Å². The highest BCUT2D eigenvalue weighted by molar-refractivity contribution is 6.14. The lowest BCUT2D eigenvalue weighted by atomic mass is 9.90. The van der Waals surface area contributed by atoms with Crippen LogP contribution >= 0.6 is 0 Å². The molecule has 0 saturated carbocycles. The average Bonchev–Trinajstić information content (AvgIpc) is 2.64. The summed E-state index contributed by atoms with van der Waals surface area (Å²) >= 11 is 0. The van der Waals surface area contributed by atoms with E-state index in [1.807, 2.05) is 0 Å². The molecule has 0 aromatic heterocycles. The Hall–Kier alpha value is -3.22. The largest absolute Gasteiger partial charge is 0.462 e. The fourth-order valence-electron chi connectivity index (χ4n) is 2.14. The van der Waals surface area contributed by atoms with Crippen LogP contribution in [-0.4, -0.2) is 24.4 Å². The van der Waals surface area contributed by atoms with Crippen molar-refractivity contribution >= 4 is 29.2 Å². The minimum absolute atomic E-state index is 0.00200. The molecule has 2 aromatic carbocycles. The van der Waals surface area contributed by atoms with Crippen LogP contribution in [0.25, 0.3) is 0 Å². The zero-order valence-electron chi connectivity index (χ0n) is 15.3. The molecule has 27 heavy (non-hydrogen) atoms. The van der Waals surface area contributed by atoms with Crippen LogP contribution in [0.2, 0.25) is 0 Å². The van der Waals surface area contributed by atoms with Crippen molar-refractivity contribution in [1.29, 1.82) is 0 Å². The first-order valence-corrected chi connectivity index (χ1v) is 8.40. The van der Waals surface area contributed by atoms with Crippen LogP contribution in [0, 0.1) is 11.2 Å². The number of rotatable bonds is 6. The topological polar surface area (TPSA) is 84.5 Å². The minimum atomic E-state index is -1.46. The molecule has 6 nitrogen and oxygen atoms in total. The van der Waals surface area contributed by atoms with E-state index in [1.165, 1.54) is 56.3 Å². The highest BCUT2D eigenvalue weighted by Crippen LogP contribution is 2.23. The molecule has 0 fully saturated rings. The van der Waals surface area contributed by atoms with Gasteiger partial charge in [0.05, 0.1) is 17.9 Å². The van der Waals surface area contributed by atoms with Crippen LogP contribution in [0.1, 0.15) is 31.1 Å². The van der Waals surface area contributed by atoms with E-state index in [1.54, 1.807) is 13.0 Å². The number of nitrogens with one attached hydrogen (secondary N) is 2. The van der Waals surface area contributed by atoms with Gasteiger partial charge in [0.25, 0.3) is 0 Å². The van der Waals surface area contributed by atoms with Gasteiger partial charge in [-0.2, -0.15) is 0 Å². The van der Waals surface area contributed by atoms with Crippen molar-refractivity contribution in [2.75, 3.05) is 17.2 Å². The summed E-state index contributed by atoms with van der Waals surface area (Å²) in [6, 6.07) is 11.8. The molecule has 0 atom stereocenters. The number of anilines is 2. The number of hydrogen-bond acceptors (Lipinski definition) is 4. The van der Waals surface area contributed by atoms with Gasteiger partial charge in [-0.1, -0.05) is 12.1 Å². The Bertz CT molecular complexity index is 847. The maximum atomic E-state index is 13.7. The molecule has 0 bridgehead atoms. The summed E-state index contributed by atoms with van der Waals surface area (Å²) in [4.78, 5) is 36.6. The summed E-state index contributed by atoms with van der Waals surface area (Å²) in [5, 5.41) is 5.04. The molecular formula is C20H21FN2O4. The molecule has 0 aliphatic carbocycles. The maximum absolute atomic E-state index is 13.7. The number of halogens is 1. The fourth-order valence-corrected chi connectivity index (χ4v) is 2.14. The number of para-hydroxylation sites is 1. The summed E-state index contributed by atoms with van der Waals surface area (Å²) < 4.78 is 18.6. The van der Waals surface area contributed by atoms with Crippen molar-refractivity contribution in [2.24, 2.45) is 5.41 Å². The van der Waals surface area contributed by atoms with Gasteiger partial charge >= 0.3 is 5.97 Å². The van der Waals surface area contributed by atoms with E-state index in [0.717, 1.165) is 0 Å². The molecule has 0 heterocycles. The van der Waals surface area contributed by atoms with E-state index in [2.05, 4.69) is 10.6 Å². The fraction of sp³-hybridized carbons (Fsp3) is 0.250. The van der Waals surface area contributed by atoms with Gasteiger partial charge in [0.2, 0.25) is 11.8 Å². The maximum Gasteiger partial charge on any atom is 0.338 e. The van der Waals surface area contributed by atoms with Crippen molar-refractivity contribution in [3.05, 3.63) is 59.9 Å². The molecule has 0 aliphatic rings. The van der Waals surface area contributed by atoms with Gasteiger partial charge in [0.1, 0.15) is 11.2 Å². The number of benzene rings is 2. The van der Waals surface area contributed by atoms with Gasteiger partial charge in [0, 0.05) is 5.69 Å². The summed E-state index contributed by atoms with van der Waals surface area (Å²) in [5.41, 5.74) is -0.685. The van der Waals surface area contributed by atoms with Crippen LogP contribution in [0.15, 0.2) is 48.5 Å². The van der Waals surface area contributed by atoms with Crippen molar-refractivity contribution in [2.45, 2.75) is 20.8 Å². The van der Waals surface area contributed by atoms with Gasteiger partial charge in [-0.15, -0.1) is 0 Å². The number of carbonyl (C=O) groups is 3. The summed E-state index contributed by atoms with van der Waals surface area (Å²) in [5.74, 6) is -2.26. The predicted molar refractivity (Wildman–Crippen MR) is 99.8 cm³/mol. The second kappa shape index (κ2) is 8.44. The second-order valence-corrected chi connectivity index (χ2v) is 6.31. The smallest absolute Gasteiger partial charge is 0.338 e. The van der Waals surface area contributed by atoms with Crippen molar-refractivity contribution < 1.29 is 23.5 Å². The third-order valence-corrected chi connectivity index (χ3v) is 3.91. The molecular weight excluding hydrogens is 351 g/mol. The average molecular weight is 372 g/mol. The van der Waals surface area contributed by atoms with Crippen LogP contribution in [0.3, 0.4) is 0 Å². The number of ether oxygens (including phenoxy) is 1. The van der Waals surface area contributed by atoms with Crippen LogP contribution in [-0.2, 0) is 14.3 Å². The monoisotopic (exact) mass is 372 g/mol. The lowest BCUT2D eigenvalue weighted by Crippen LogP contribution is -2.41.